The zero-order valence-electron chi connectivity index (χ0n) is 13.5. The molecule has 0 aliphatic rings. The van der Waals surface area contributed by atoms with Gasteiger partial charge in [-0.3, -0.25) is 10.1 Å². The Bertz CT molecular complexity index is 1040. The number of aromatic nitrogens is 1. The van der Waals surface area contributed by atoms with Crippen LogP contribution in [0.25, 0.3) is 10.2 Å². The first-order valence-electron chi connectivity index (χ1n) is 7.23. The fourth-order valence-corrected chi connectivity index (χ4v) is 3.99. The lowest BCUT2D eigenvalue weighted by molar-refractivity contribution is 0.102. The molecular formula is C17H16N2O3S2. The Balaban J connectivity index is 1.86. The number of sulfone groups is 1. The van der Waals surface area contributed by atoms with Gasteiger partial charge in [-0.2, -0.15) is 0 Å². The first-order chi connectivity index (χ1) is 11.2. The van der Waals surface area contributed by atoms with Gasteiger partial charge in [0.1, 0.15) is 0 Å². The molecule has 0 fully saturated rings. The van der Waals surface area contributed by atoms with Gasteiger partial charge in [-0.1, -0.05) is 17.4 Å². The number of fused-ring (bicyclic) bond motifs is 1. The molecule has 0 unspecified atom stereocenters. The Kier molecular flexibility index (Phi) is 4.15. The highest BCUT2D eigenvalue weighted by molar-refractivity contribution is 7.90. The summed E-state index contributed by atoms with van der Waals surface area (Å²) in [6.07, 6.45) is 1.13. The lowest BCUT2D eigenvalue weighted by Gasteiger charge is -2.03. The third-order valence-corrected chi connectivity index (χ3v) is 5.84. The molecule has 124 valence electrons. The monoisotopic (exact) mass is 360 g/mol. The number of amides is 1. The highest BCUT2D eigenvalue weighted by Crippen LogP contribution is 2.30. The third-order valence-electron chi connectivity index (χ3n) is 3.59. The van der Waals surface area contributed by atoms with E-state index in [9.17, 15) is 13.2 Å². The number of nitrogens with zero attached hydrogens (tertiary/aromatic N) is 1. The van der Waals surface area contributed by atoms with E-state index in [2.05, 4.69) is 16.4 Å². The Morgan fingerprint density at radius 2 is 1.79 bits per heavy atom. The summed E-state index contributed by atoms with van der Waals surface area (Å²) in [6.45, 7) is 4.02. The predicted octanol–water partition coefficient (Wildman–Crippen LogP) is 3.57. The van der Waals surface area contributed by atoms with Gasteiger partial charge in [0.2, 0.25) is 0 Å². The molecule has 0 spiro atoms. The van der Waals surface area contributed by atoms with Crippen molar-refractivity contribution < 1.29 is 13.2 Å². The van der Waals surface area contributed by atoms with Crippen LogP contribution in [0.3, 0.4) is 0 Å². The van der Waals surface area contributed by atoms with E-state index < -0.39 is 9.84 Å². The molecule has 0 radical (unpaired) electrons. The molecular weight excluding hydrogens is 344 g/mol. The maximum Gasteiger partial charge on any atom is 0.257 e. The number of hydrogen-bond acceptors (Lipinski definition) is 5. The Labute approximate surface area is 144 Å². The zero-order chi connectivity index (χ0) is 17.5. The smallest absolute Gasteiger partial charge is 0.257 e. The maximum atomic E-state index is 12.3. The topological polar surface area (TPSA) is 76.1 Å². The van der Waals surface area contributed by atoms with E-state index >= 15 is 0 Å². The summed E-state index contributed by atoms with van der Waals surface area (Å²) in [7, 11) is -3.27. The molecule has 2 aromatic carbocycles. The molecule has 0 saturated heterocycles. The summed E-state index contributed by atoms with van der Waals surface area (Å²) in [5.74, 6) is -0.316. The molecule has 3 aromatic rings. The van der Waals surface area contributed by atoms with Crippen LogP contribution in [-0.2, 0) is 9.84 Å². The van der Waals surface area contributed by atoms with Crippen LogP contribution in [0.5, 0.6) is 0 Å². The van der Waals surface area contributed by atoms with Crippen molar-refractivity contribution in [3.05, 3.63) is 53.1 Å². The van der Waals surface area contributed by atoms with Gasteiger partial charge in [0.05, 0.1) is 15.1 Å². The van der Waals surface area contributed by atoms with Crippen LogP contribution in [0, 0.1) is 13.8 Å². The van der Waals surface area contributed by atoms with Gasteiger partial charge in [0.25, 0.3) is 5.91 Å². The maximum absolute atomic E-state index is 12.3. The SMILES string of the molecule is Cc1cc(C)c2sc(NC(=O)c3ccc(S(C)(=O)=O)cc3)nc2c1. The van der Waals surface area contributed by atoms with E-state index in [1.165, 1.54) is 35.6 Å². The standard InChI is InChI=1S/C17H16N2O3S2/c1-10-8-11(2)15-14(9-10)18-17(23-15)19-16(20)12-4-6-13(7-5-12)24(3,21)22/h4-9H,1-3H3,(H,18,19,20). The fraction of sp³-hybridized carbons (Fsp3) is 0.176. The van der Waals surface area contributed by atoms with Crippen LogP contribution in [0.2, 0.25) is 0 Å². The number of carbonyl (C=O) groups is 1. The minimum absolute atomic E-state index is 0.185. The number of carbonyl (C=O) groups excluding carboxylic acids is 1. The molecule has 0 aliphatic carbocycles. The molecule has 0 saturated carbocycles. The summed E-state index contributed by atoms with van der Waals surface area (Å²) >= 11 is 1.42. The average molecular weight is 360 g/mol. The van der Waals surface area contributed by atoms with Gasteiger partial charge in [0.15, 0.2) is 15.0 Å². The molecule has 24 heavy (non-hydrogen) atoms. The van der Waals surface area contributed by atoms with Crippen molar-refractivity contribution in [3.63, 3.8) is 0 Å². The van der Waals surface area contributed by atoms with E-state index in [-0.39, 0.29) is 10.8 Å². The summed E-state index contributed by atoms with van der Waals surface area (Å²) in [6, 6.07) is 9.90. The highest BCUT2D eigenvalue weighted by Gasteiger charge is 2.13. The van der Waals surface area contributed by atoms with Crippen molar-refractivity contribution >= 4 is 42.4 Å². The lowest BCUT2D eigenvalue weighted by Crippen LogP contribution is -2.11. The van der Waals surface area contributed by atoms with E-state index in [0.717, 1.165) is 27.6 Å². The van der Waals surface area contributed by atoms with Crippen LogP contribution in [0.1, 0.15) is 21.5 Å². The van der Waals surface area contributed by atoms with Crippen LogP contribution < -0.4 is 5.32 Å². The highest BCUT2D eigenvalue weighted by atomic mass is 32.2. The Morgan fingerprint density at radius 3 is 2.42 bits per heavy atom. The predicted molar refractivity (Wildman–Crippen MR) is 96.6 cm³/mol. The van der Waals surface area contributed by atoms with Gasteiger partial charge < -0.3 is 0 Å². The molecule has 1 N–H and O–H groups in total. The number of hydrogen-bond donors (Lipinski definition) is 1. The van der Waals surface area contributed by atoms with Gasteiger partial charge in [-0.25, -0.2) is 13.4 Å². The number of thiazole rings is 1. The normalized spacial score (nSPS) is 11.6. The van der Waals surface area contributed by atoms with Gasteiger partial charge in [-0.05, 0) is 55.3 Å². The van der Waals surface area contributed by atoms with Crippen molar-refractivity contribution in [2.45, 2.75) is 18.7 Å². The minimum Gasteiger partial charge on any atom is -0.298 e. The number of rotatable bonds is 3. The van der Waals surface area contributed by atoms with Crippen LogP contribution >= 0.6 is 11.3 Å². The van der Waals surface area contributed by atoms with Crippen molar-refractivity contribution in [3.8, 4) is 0 Å². The number of anilines is 1. The molecule has 5 nitrogen and oxygen atoms in total. The van der Waals surface area contributed by atoms with Crippen molar-refractivity contribution in [2.24, 2.45) is 0 Å². The average Bonchev–Trinajstić information content (AvgIpc) is 2.89. The number of benzene rings is 2. The van der Waals surface area contributed by atoms with Crippen LogP contribution in [0.15, 0.2) is 41.3 Å². The zero-order valence-corrected chi connectivity index (χ0v) is 15.1. The van der Waals surface area contributed by atoms with E-state index in [1.54, 1.807) is 0 Å². The molecule has 0 atom stereocenters. The van der Waals surface area contributed by atoms with Crippen LogP contribution in [-0.4, -0.2) is 25.6 Å². The Morgan fingerprint density at radius 1 is 1.12 bits per heavy atom. The molecule has 1 heterocycles. The van der Waals surface area contributed by atoms with Crippen molar-refractivity contribution in [1.82, 2.24) is 4.98 Å². The molecule has 7 heteroatoms. The second kappa shape index (κ2) is 5.99. The largest absolute Gasteiger partial charge is 0.298 e. The summed E-state index contributed by atoms with van der Waals surface area (Å²) in [5.41, 5.74) is 3.50. The van der Waals surface area contributed by atoms with Gasteiger partial charge in [-0.15, -0.1) is 0 Å². The van der Waals surface area contributed by atoms with E-state index in [1.807, 2.05) is 19.9 Å². The van der Waals surface area contributed by atoms with Crippen molar-refractivity contribution in [1.29, 1.82) is 0 Å². The first-order valence-corrected chi connectivity index (χ1v) is 9.94. The quantitative estimate of drug-likeness (QED) is 0.775. The molecule has 1 aromatic heterocycles. The molecule has 0 aliphatic heterocycles. The van der Waals surface area contributed by atoms with Gasteiger partial charge in [0, 0.05) is 11.8 Å². The summed E-state index contributed by atoms with van der Waals surface area (Å²) in [5, 5.41) is 3.30. The molecule has 3 rings (SSSR count). The third kappa shape index (κ3) is 3.32. The first kappa shape index (κ1) is 16.6. The molecule has 0 bridgehead atoms. The minimum atomic E-state index is -3.27. The number of nitrogens with one attached hydrogen (secondary N) is 1. The Hall–Kier alpha value is -2.25. The van der Waals surface area contributed by atoms with Crippen LogP contribution in [0.4, 0.5) is 5.13 Å². The summed E-state index contributed by atoms with van der Waals surface area (Å²) < 4.78 is 24.0. The second-order valence-electron chi connectivity index (χ2n) is 5.70. The fourth-order valence-electron chi connectivity index (χ4n) is 2.45. The molecule has 1 amide bonds. The lowest BCUT2D eigenvalue weighted by atomic mass is 10.1. The van der Waals surface area contributed by atoms with E-state index in [0.29, 0.717) is 10.7 Å². The summed E-state index contributed by atoms with van der Waals surface area (Å²) in [4.78, 5) is 16.9. The number of aryl methyl sites for hydroxylation is 2. The van der Waals surface area contributed by atoms with Crippen molar-refractivity contribution in [2.75, 3.05) is 11.6 Å². The second-order valence-corrected chi connectivity index (χ2v) is 8.71. The van der Waals surface area contributed by atoms with E-state index in [4.69, 9.17) is 0 Å². The van der Waals surface area contributed by atoms with Gasteiger partial charge >= 0.3 is 0 Å².